The highest BCUT2D eigenvalue weighted by Crippen LogP contribution is 2.40. The summed E-state index contributed by atoms with van der Waals surface area (Å²) in [6, 6.07) is 33.1. The Labute approximate surface area is 317 Å². The first-order valence-electron chi connectivity index (χ1n) is 19.3. The zero-order valence-electron chi connectivity index (χ0n) is 31.1. The van der Waals surface area contributed by atoms with Crippen LogP contribution in [0.2, 0.25) is 0 Å². The number of aromatic nitrogens is 1. The van der Waals surface area contributed by atoms with Crippen molar-refractivity contribution in [3.05, 3.63) is 141 Å². The number of phenols is 1. The molecule has 0 saturated carbocycles. The van der Waals surface area contributed by atoms with E-state index in [4.69, 9.17) is 4.74 Å². The predicted octanol–water partition coefficient (Wildman–Crippen LogP) is 6.68. The Morgan fingerprint density at radius 1 is 0.833 bits per heavy atom. The summed E-state index contributed by atoms with van der Waals surface area (Å²) in [6.45, 7) is 6.62. The lowest BCUT2D eigenvalue weighted by Gasteiger charge is -2.47. The number of aromatic amines is 1. The van der Waals surface area contributed by atoms with Gasteiger partial charge >= 0.3 is 0 Å². The molecule has 5 aromatic rings. The third-order valence-electron chi connectivity index (χ3n) is 11.5. The highest BCUT2D eigenvalue weighted by molar-refractivity contribution is 5.94. The van der Waals surface area contributed by atoms with Crippen LogP contribution < -0.4 is 15.6 Å². The Bertz CT molecular complexity index is 2120. The van der Waals surface area contributed by atoms with Crippen molar-refractivity contribution in [1.29, 1.82) is 0 Å². The summed E-state index contributed by atoms with van der Waals surface area (Å²) < 4.78 is 6.03. The van der Waals surface area contributed by atoms with E-state index in [2.05, 4.69) is 47.6 Å². The molecule has 3 N–H and O–H groups in total. The molecule has 1 atom stereocenters. The van der Waals surface area contributed by atoms with Crippen molar-refractivity contribution in [2.24, 2.45) is 5.41 Å². The van der Waals surface area contributed by atoms with Gasteiger partial charge in [0.1, 0.15) is 11.5 Å². The molecule has 1 unspecified atom stereocenters. The average Bonchev–Trinajstić information content (AvgIpc) is 3.21. The molecular formula is C45H50N4O5. The summed E-state index contributed by atoms with van der Waals surface area (Å²) in [5.41, 5.74) is 5.61. The van der Waals surface area contributed by atoms with Crippen molar-refractivity contribution in [2.45, 2.75) is 51.4 Å². The summed E-state index contributed by atoms with van der Waals surface area (Å²) in [6.07, 6.45) is 5.43. The SMILES string of the molecule is CC(c1ccccc1)c1cccc(OCC(=O)N2CCCC3(CCN(C(=O)c4ccc(CCNCCc5ccc(O)c6[nH]c(=O)ccc56)cc4)CC3)C2)c1. The average molecular weight is 727 g/mol. The number of aromatic hydroxyl groups is 1. The van der Waals surface area contributed by atoms with E-state index in [0.717, 1.165) is 86.8 Å². The fourth-order valence-corrected chi connectivity index (χ4v) is 8.15. The Hall–Kier alpha value is -5.41. The number of amides is 2. The van der Waals surface area contributed by atoms with Gasteiger partial charge in [0.2, 0.25) is 5.56 Å². The number of nitrogens with zero attached hydrogens (tertiary/aromatic N) is 2. The smallest absolute Gasteiger partial charge is 0.260 e. The number of hydrogen-bond acceptors (Lipinski definition) is 6. The second kappa shape index (κ2) is 16.7. The number of carbonyl (C=O) groups excluding carboxylic acids is 2. The number of H-pyrrole nitrogens is 1. The van der Waals surface area contributed by atoms with Gasteiger partial charge in [-0.3, -0.25) is 14.4 Å². The van der Waals surface area contributed by atoms with Crippen LogP contribution >= 0.6 is 0 Å². The number of carbonyl (C=O) groups is 2. The molecule has 1 spiro atoms. The van der Waals surface area contributed by atoms with Crippen molar-refractivity contribution >= 4 is 22.7 Å². The Morgan fingerprint density at radius 3 is 2.39 bits per heavy atom. The number of ether oxygens (including phenoxy) is 1. The molecule has 2 fully saturated rings. The second-order valence-electron chi connectivity index (χ2n) is 15.0. The molecule has 2 aliphatic rings. The highest BCUT2D eigenvalue weighted by atomic mass is 16.5. The predicted molar refractivity (Wildman–Crippen MR) is 212 cm³/mol. The van der Waals surface area contributed by atoms with Crippen molar-refractivity contribution in [3.8, 4) is 11.5 Å². The summed E-state index contributed by atoms with van der Waals surface area (Å²) in [7, 11) is 0. The molecule has 9 nitrogen and oxygen atoms in total. The molecular weight excluding hydrogens is 677 g/mol. The Morgan fingerprint density at radius 2 is 1.59 bits per heavy atom. The van der Waals surface area contributed by atoms with Crippen LogP contribution in [-0.2, 0) is 17.6 Å². The minimum atomic E-state index is -0.236. The van der Waals surface area contributed by atoms with Crippen LogP contribution in [0.25, 0.3) is 10.9 Å². The lowest BCUT2D eigenvalue weighted by atomic mass is 9.72. The van der Waals surface area contributed by atoms with E-state index < -0.39 is 0 Å². The number of rotatable bonds is 12. The van der Waals surface area contributed by atoms with Crippen LogP contribution in [0.15, 0.2) is 108 Å². The summed E-state index contributed by atoms with van der Waals surface area (Å²) >= 11 is 0. The summed E-state index contributed by atoms with van der Waals surface area (Å²) in [5.74, 6) is 1.10. The van der Waals surface area contributed by atoms with Crippen LogP contribution in [0.3, 0.4) is 0 Å². The molecule has 1 aromatic heterocycles. The van der Waals surface area contributed by atoms with E-state index in [9.17, 15) is 19.5 Å². The van der Waals surface area contributed by atoms with Crippen molar-refractivity contribution in [2.75, 3.05) is 45.9 Å². The van der Waals surface area contributed by atoms with Gasteiger partial charge in [0.05, 0.1) is 5.52 Å². The maximum Gasteiger partial charge on any atom is 0.260 e. The minimum Gasteiger partial charge on any atom is -0.506 e. The van der Waals surface area contributed by atoms with E-state index in [1.165, 1.54) is 11.6 Å². The number of nitrogens with one attached hydrogen (secondary N) is 2. The zero-order valence-corrected chi connectivity index (χ0v) is 31.1. The van der Waals surface area contributed by atoms with Gasteiger partial charge in [-0.15, -0.1) is 0 Å². The number of hydrogen-bond donors (Lipinski definition) is 3. The zero-order chi connectivity index (χ0) is 37.5. The third-order valence-corrected chi connectivity index (χ3v) is 11.5. The van der Waals surface area contributed by atoms with Crippen LogP contribution in [0, 0.1) is 5.41 Å². The van der Waals surface area contributed by atoms with E-state index in [1.807, 2.05) is 64.4 Å². The molecule has 2 aliphatic heterocycles. The first-order valence-corrected chi connectivity index (χ1v) is 19.3. The van der Waals surface area contributed by atoms with Gasteiger partial charge in [-0.1, -0.05) is 67.6 Å². The van der Waals surface area contributed by atoms with Crippen molar-refractivity contribution in [3.63, 3.8) is 0 Å². The Kier molecular flexibility index (Phi) is 11.4. The topological polar surface area (TPSA) is 115 Å². The lowest BCUT2D eigenvalue weighted by molar-refractivity contribution is -0.137. The first kappa shape index (κ1) is 36.9. The fraction of sp³-hybridized carbons (Fsp3) is 0.356. The van der Waals surface area contributed by atoms with E-state index >= 15 is 0 Å². The van der Waals surface area contributed by atoms with Crippen molar-refractivity contribution in [1.82, 2.24) is 20.1 Å². The summed E-state index contributed by atoms with van der Waals surface area (Å²) in [4.78, 5) is 45.2. The highest BCUT2D eigenvalue weighted by Gasteiger charge is 2.40. The van der Waals surface area contributed by atoms with Gasteiger partial charge in [-0.05, 0) is 116 Å². The molecule has 0 radical (unpaired) electrons. The van der Waals surface area contributed by atoms with Gasteiger partial charge in [0, 0.05) is 49.1 Å². The number of likely N-dealkylation sites (tertiary alicyclic amines) is 2. The molecule has 0 aliphatic carbocycles. The molecule has 7 rings (SSSR count). The number of piperidine rings is 2. The van der Waals surface area contributed by atoms with E-state index in [0.29, 0.717) is 29.9 Å². The monoisotopic (exact) mass is 726 g/mol. The van der Waals surface area contributed by atoms with Gasteiger partial charge in [0.25, 0.3) is 11.8 Å². The van der Waals surface area contributed by atoms with E-state index in [-0.39, 0.29) is 41.1 Å². The molecule has 0 bridgehead atoms. The molecule has 2 amide bonds. The van der Waals surface area contributed by atoms with Crippen LogP contribution in [0.5, 0.6) is 11.5 Å². The van der Waals surface area contributed by atoms with Crippen molar-refractivity contribution < 1.29 is 19.4 Å². The number of pyridine rings is 1. The molecule has 280 valence electrons. The van der Waals surface area contributed by atoms with Crippen LogP contribution in [0.4, 0.5) is 0 Å². The van der Waals surface area contributed by atoms with Gasteiger partial charge in [-0.25, -0.2) is 0 Å². The molecule has 4 aromatic carbocycles. The van der Waals surface area contributed by atoms with Crippen LogP contribution in [0.1, 0.15) is 71.1 Å². The molecule has 3 heterocycles. The minimum absolute atomic E-state index is 0.0222. The van der Waals surface area contributed by atoms with Gasteiger partial charge in [-0.2, -0.15) is 0 Å². The van der Waals surface area contributed by atoms with Crippen LogP contribution in [-0.4, -0.2) is 77.6 Å². The third kappa shape index (κ3) is 8.69. The maximum absolute atomic E-state index is 13.5. The summed E-state index contributed by atoms with van der Waals surface area (Å²) in [5, 5.41) is 14.5. The van der Waals surface area contributed by atoms with Gasteiger partial charge in [0.15, 0.2) is 6.61 Å². The largest absolute Gasteiger partial charge is 0.506 e. The standard InChI is InChI=1S/C45H50N4O5/c1-32(34-7-3-2-4-8-34)37-9-5-10-38(29-37)54-30-42(52)49-26-6-21-45(31-49)22-27-48(28-23-45)44(53)36-13-11-33(12-14-36)19-24-46-25-20-35-15-17-40(50)43-39(35)16-18-41(51)47-43/h2-5,7-18,29,32,46,50H,6,19-28,30-31H2,1H3,(H,47,51). The molecule has 54 heavy (non-hydrogen) atoms. The second-order valence-corrected chi connectivity index (χ2v) is 15.0. The molecule has 2 saturated heterocycles. The number of fused-ring (bicyclic) bond motifs is 1. The Balaban J connectivity index is 0.842. The fourth-order valence-electron chi connectivity index (χ4n) is 8.15. The number of phenolic OH excluding ortho intramolecular Hbond substituents is 1. The number of benzene rings is 4. The normalized spacial score (nSPS) is 16.0. The molecule has 9 heteroatoms. The first-order chi connectivity index (χ1) is 26.3. The maximum atomic E-state index is 13.5. The quantitative estimate of drug-likeness (QED) is 0.124. The van der Waals surface area contributed by atoms with Gasteiger partial charge < -0.3 is 29.9 Å². The van der Waals surface area contributed by atoms with E-state index in [1.54, 1.807) is 12.1 Å². The lowest BCUT2D eigenvalue weighted by Crippen LogP contribution is -2.52.